The van der Waals surface area contributed by atoms with Gasteiger partial charge in [-0.25, -0.2) is 0 Å². The van der Waals surface area contributed by atoms with Gasteiger partial charge in [0.25, 0.3) is 5.91 Å². The molecule has 0 spiro atoms. The van der Waals surface area contributed by atoms with Gasteiger partial charge in [0.05, 0.1) is 16.9 Å². The minimum atomic E-state index is -0.405. The molecule has 3 aromatic rings. The van der Waals surface area contributed by atoms with E-state index < -0.39 is 5.91 Å². The van der Waals surface area contributed by atoms with Crippen LogP contribution >= 0.6 is 11.6 Å². The van der Waals surface area contributed by atoms with Gasteiger partial charge in [0.2, 0.25) is 0 Å². The highest BCUT2D eigenvalue weighted by molar-refractivity contribution is 6.31. The fourth-order valence-corrected chi connectivity index (χ4v) is 2.72. The zero-order chi connectivity index (χ0) is 20.1. The molecule has 0 atom stereocenters. The number of benzene rings is 3. The zero-order valence-electron chi connectivity index (χ0n) is 14.8. The van der Waals surface area contributed by atoms with Crippen LogP contribution in [0.3, 0.4) is 0 Å². The van der Waals surface area contributed by atoms with E-state index in [1.54, 1.807) is 54.6 Å². The SMILES string of the molecule is Nc1ccc(NC(=O)COc2ccc(Cl)cc2C(=O)c2ccccc2)cc1N. The molecule has 0 heterocycles. The van der Waals surface area contributed by atoms with Crippen LogP contribution in [0.15, 0.2) is 66.7 Å². The summed E-state index contributed by atoms with van der Waals surface area (Å²) in [5.74, 6) is -0.382. The van der Waals surface area contributed by atoms with Crippen LogP contribution in [-0.2, 0) is 4.79 Å². The number of carbonyl (C=O) groups excluding carboxylic acids is 2. The molecule has 0 aliphatic heterocycles. The van der Waals surface area contributed by atoms with E-state index in [0.717, 1.165) is 0 Å². The predicted molar refractivity (Wildman–Crippen MR) is 111 cm³/mol. The summed E-state index contributed by atoms with van der Waals surface area (Å²) in [7, 11) is 0. The number of nitrogens with two attached hydrogens (primary N) is 2. The van der Waals surface area contributed by atoms with E-state index in [1.165, 1.54) is 6.07 Å². The summed E-state index contributed by atoms with van der Waals surface area (Å²) in [6.07, 6.45) is 0. The van der Waals surface area contributed by atoms with Crippen molar-refractivity contribution in [2.75, 3.05) is 23.4 Å². The first-order valence-electron chi connectivity index (χ1n) is 8.41. The van der Waals surface area contributed by atoms with Gasteiger partial charge in [-0.15, -0.1) is 0 Å². The summed E-state index contributed by atoms with van der Waals surface area (Å²) in [6, 6.07) is 18.2. The van der Waals surface area contributed by atoms with Crippen LogP contribution in [0.1, 0.15) is 15.9 Å². The van der Waals surface area contributed by atoms with Crippen molar-refractivity contribution in [3.63, 3.8) is 0 Å². The molecule has 0 bridgehead atoms. The molecule has 3 rings (SSSR count). The Kier molecular flexibility index (Phi) is 5.81. The largest absolute Gasteiger partial charge is 0.483 e. The molecule has 142 valence electrons. The number of rotatable bonds is 6. The molecule has 1 amide bonds. The second kappa shape index (κ2) is 8.45. The summed E-state index contributed by atoms with van der Waals surface area (Å²) in [5.41, 5.74) is 13.5. The normalized spacial score (nSPS) is 10.3. The zero-order valence-corrected chi connectivity index (χ0v) is 15.6. The average Bonchev–Trinajstić information content (AvgIpc) is 2.70. The molecule has 0 aromatic heterocycles. The van der Waals surface area contributed by atoms with Crippen molar-refractivity contribution in [3.8, 4) is 5.75 Å². The van der Waals surface area contributed by atoms with Crippen molar-refractivity contribution < 1.29 is 14.3 Å². The van der Waals surface area contributed by atoms with Gasteiger partial charge in [-0.3, -0.25) is 9.59 Å². The third kappa shape index (κ3) is 4.61. The number of hydrogen-bond donors (Lipinski definition) is 3. The van der Waals surface area contributed by atoms with E-state index in [0.29, 0.717) is 27.6 Å². The van der Waals surface area contributed by atoms with Crippen molar-refractivity contribution in [3.05, 3.63) is 82.9 Å². The van der Waals surface area contributed by atoms with E-state index >= 15 is 0 Å². The Morgan fingerprint density at radius 1 is 0.929 bits per heavy atom. The fraction of sp³-hybridized carbons (Fsp3) is 0.0476. The quantitative estimate of drug-likeness (QED) is 0.435. The molecule has 5 N–H and O–H groups in total. The van der Waals surface area contributed by atoms with E-state index in [9.17, 15) is 9.59 Å². The Morgan fingerprint density at radius 2 is 1.68 bits per heavy atom. The maximum absolute atomic E-state index is 12.8. The predicted octanol–water partition coefficient (Wildman–Crippen LogP) is 3.75. The second-order valence-corrected chi connectivity index (χ2v) is 6.45. The number of halogens is 1. The lowest BCUT2D eigenvalue weighted by Crippen LogP contribution is -2.21. The van der Waals surface area contributed by atoms with Gasteiger partial charge in [-0.05, 0) is 36.4 Å². The van der Waals surface area contributed by atoms with Gasteiger partial charge >= 0.3 is 0 Å². The lowest BCUT2D eigenvalue weighted by molar-refractivity contribution is -0.118. The summed E-state index contributed by atoms with van der Waals surface area (Å²) in [5, 5.41) is 3.06. The van der Waals surface area contributed by atoms with E-state index in [4.69, 9.17) is 27.8 Å². The Hall–Kier alpha value is -3.51. The van der Waals surface area contributed by atoms with Gasteiger partial charge in [-0.2, -0.15) is 0 Å². The minimum absolute atomic E-state index is 0.246. The number of amides is 1. The van der Waals surface area contributed by atoms with Crippen LogP contribution in [0.25, 0.3) is 0 Å². The maximum Gasteiger partial charge on any atom is 0.262 e. The Bertz CT molecular complexity index is 1020. The molecule has 0 saturated heterocycles. The molecule has 6 nitrogen and oxygen atoms in total. The minimum Gasteiger partial charge on any atom is -0.483 e. The first-order chi connectivity index (χ1) is 13.4. The Labute approximate surface area is 167 Å². The smallest absolute Gasteiger partial charge is 0.262 e. The molecule has 0 saturated carbocycles. The van der Waals surface area contributed by atoms with E-state index in [1.807, 2.05) is 6.07 Å². The summed E-state index contributed by atoms with van der Waals surface area (Å²) in [4.78, 5) is 24.9. The van der Waals surface area contributed by atoms with E-state index in [2.05, 4.69) is 5.32 Å². The van der Waals surface area contributed by atoms with Crippen LogP contribution in [0.2, 0.25) is 5.02 Å². The van der Waals surface area contributed by atoms with Gasteiger partial charge in [-0.1, -0.05) is 41.9 Å². The van der Waals surface area contributed by atoms with Crippen LogP contribution in [-0.4, -0.2) is 18.3 Å². The van der Waals surface area contributed by atoms with Crippen molar-refractivity contribution in [1.29, 1.82) is 0 Å². The highest BCUT2D eigenvalue weighted by atomic mass is 35.5. The van der Waals surface area contributed by atoms with Crippen LogP contribution in [0, 0.1) is 0 Å². The van der Waals surface area contributed by atoms with Crippen LogP contribution in [0.4, 0.5) is 17.1 Å². The van der Waals surface area contributed by atoms with Crippen LogP contribution in [0.5, 0.6) is 5.75 Å². The number of ether oxygens (including phenoxy) is 1. The first-order valence-corrected chi connectivity index (χ1v) is 8.79. The molecule has 0 unspecified atom stereocenters. The third-order valence-electron chi connectivity index (χ3n) is 3.95. The Balaban J connectivity index is 1.72. The first kappa shape index (κ1) is 19.3. The average molecular weight is 396 g/mol. The molecule has 0 radical (unpaired) electrons. The topological polar surface area (TPSA) is 107 Å². The van der Waals surface area contributed by atoms with Crippen molar-refractivity contribution in [1.82, 2.24) is 0 Å². The molecule has 7 heteroatoms. The van der Waals surface area contributed by atoms with Gasteiger partial charge in [0.15, 0.2) is 12.4 Å². The van der Waals surface area contributed by atoms with Gasteiger partial charge in [0.1, 0.15) is 5.75 Å². The number of anilines is 3. The number of ketones is 1. The molecular formula is C21H18ClN3O3. The van der Waals surface area contributed by atoms with Crippen LogP contribution < -0.4 is 21.5 Å². The monoisotopic (exact) mass is 395 g/mol. The molecule has 0 aliphatic carbocycles. The highest BCUT2D eigenvalue weighted by Gasteiger charge is 2.16. The lowest BCUT2D eigenvalue weighted by Gasteiger charge is -2.12. The summed E-state index contributed by atoms with van der Waals surface area (Å²) >= 11 is 6.04. The standard InChI is InChI=1S/C21H18ClN3O3/c22-14-6-9-19(16(10-14)21(27)13-4-2-1-3-5-13)28-12-20(26)25-15-7-8-17(23)18(24)11-15/h1-11H,12,23-24H2,(H,25,26). The number of hydrogen-bond acceptors (Lipinski definition) is 5. The number of nitrogen functional groups attached to an aromatic ring is 2. The number of nitrogens with one attached hydrogen (secondary N) is 1. The Morgan fingerprint density at radius 3 is 2.39 bits per heavy atom. The van der Waals surface area contributed by atoms with E-state index in [-0.39, 0.29) is 23.7 Å². The number of carbonyl (C=O) groups is 2. The maximum atomic E-state index is 12.8. The molecular weight excluding hydrogens is 378 g/mol. The van der Waals surface area contributed by atoms with Gasteiger partial charge in [0, 0.05) is 16.3 Å². The molecule has 0 fully saturated rings. The lowest BCUT2D eigenvalue weighted by atomic mass is 10.0. The highest BCUT2D eigenvalue weighted by Crippen LogP contribution is 2.26. The summed E-state index contributed by atoms with van der Waals surface area (Å²) < 4.78 is 5.58. The molecule has 28 heavy (non-hydrogen) atoms. The third-order valence-corrected chi connectivity index (χ3v) is 4.19. The van der Waals surface area contributed by atoms with Crippen molar-refractivity contribution in [2.24, 2.45) is 0 Å². The molecule has 3 aromatic carbocycles. The van der Waals surface area contributed by atoms with Crippen molar-refractivity contribution in [2.45, 2.75) is 0 Å². The second-order valence-electron chi connectivity index (χ2n) is 6.02. The fourth-order valence-electron chi connectivity index (χ4n) is 2.54. The summed E-state index contributed by atoms with van der Waals surface area (Å²) in [6.45, 7) is -0.291. The molecule has 0 aliphatic rings. The van der Waals surface area contributed by atoms with Gasteiger partial charge < -0.3 is 21.5 Å². The van der Waals surface area contributed by atoms with Crippen molar-refractivity contribution >= 4 is 40.4 Å².